The molecule has 18 heavy (non-hydrogen) atoms. The molecule has 2 unspecified atom stereocenters. The molecule has 2 atom stereocenters. The summed E-state index contributed by atoms with van der Waals surface area (Å²) in [5.74, 6) is 0.568. The van der Waals surface area contributed by atoms with Crippen molar-refractivity contribution in [2.24, 2.45) is 5.92 Å². The molecular formula is C15H18O2S. The van der Waals surface area contributed by atoms with Crippen LogP contribution < -0.4 is 0 Å². The van der Waals surface area contributed by atoms with Crippen LogP contribution in [0, 0.1) is 5.92 Å². The molecule has 0 spiro atoms. The van der Waals surface area contributed by atoms with E-state index in [0.717, 1.165) is 16.9 Å². The van der Waals surface area contributed by atoms with Crippen LogP contribution in [-0.4, -0.2) is 17.3 Å². The molecule has 1 aromatic carbocycles. The molecular weight excluding hydrogens is 244 g/mol. The van der Waals surface area contributed by atoms with Crippen molar-refractivity contribution >= 4 is 23.3 Å². The summed E-state index contributed by atoms with van der Waals surface area (Å²) in [7, 11) is 0. The predicted molar refractivity (Wildman–Crippen MR) is 74.4 cm³/mol. The molecule has 2 nitrogen and oxygen atoms in total. The molecule has 96 valence electrons. The second kappa shape index (κ2) is 5.27. The molecule has 3 heteroatoms. The highest BCUT2D eigenvalue weighted by Crippen LogP contribution is 2.35. The van der Waals surface area contributed by atoms with E-state index in [1.54, 1.807) is 11.8 Å². The summed E-state index contributed by atoms with van der Waals surface area (Å²) in [6.45, 7) is 5.80. The fourth-order valence-electron chi connectivity index (χ4n) is 2.15. The standard InChI is InChI=1S/C15H18O2S/c1-4-9(2)11-5-6-14-12(7-11)15(17)13(8-18-14)10(3)16/h5-7,9,13H,4,8H2,1-3H3. The Bertz CT molecular complexity index is 493. The van der Waals surface area contributed by atoms with Crippen molar-refractivity contribution in [3.8, 4) is 0 Å². The van der Waals surface area contributed by atoms with Crippen LogP contribution in [0.15, 0.2) is 23.1 Å². The van der Waals surface area contributed by atoms with E-state index in [9.17, 15) is 9.59 Å². The van der Waals surface area contributed by atoms with Crippen molar-refractivity contribution in [2.45, 2.75) is 38.0 Å². The van der Waals surface area contributed by atoms with E-state index in [1.165, 1.54) is 12.5 Å². The predicted octanol–water partition coefficient (Wildman–Crippen LogP) is 3.69. The third-order valence-electron chi connectivity index (χ3n) is 3.66. The van der Waals surface area contributed by atoms with Gasteiger partial charge in [0.25, 0.3) is 0 Å². The number of benzene rings is 1. The molecule has 1 aliphatic heterocycles. The van der Waals surface area contributed by atoms with E-state index in [1.807, 2.05) is 12.1 Å². The summed E-state index contributed by atoms with van der Waals surface area (Å²) in [6, 6.07) is 6.10. The van der Waals surface area contributed by atoms with E-state index in [0.29, 0.717) is 11.7 Å². The van der Waals surface area contributed by atoms with Crippen LogP contribution in [0.25, 0.3) is 0 Å². The number of carbonyl (C=O) groups excluding carboxylic acids is 2. The average Bonchev–Trinajstić information content (AvgIpc) is 2.37. The third-order valence-corrected chi connectivity index (χ3v) is 4.83. The van der Waals surface area contributed by atoms with Gasteiger partial charge in [-0.15, -0.1) is 11.8 Å². The molecule has 0 aromatic heterocycles. The van der Waals surface area contributed by atoms with E-state index >= 15 is 0 Å². The lowest BCUT2D eigenvalue weighted by molar-refractivity contribution is -0.118. The molecule has 0 saturated heterocycles. The van der Waals surface area contributed by atoms with Gasteiger partial charge in [0.2, 0.25) is 0 Å². The molecule has 0 fully saturated rings. The first-order valence-electron chi connectivity index (χ1n) is 6.36. The van der Waals surface area contributed by atoms with Gasteiger partial charge in [-0.05, 0) is 37.0 Å². The number of fused-ring (bicyclic) bond motifs is 1. The number of rotatable bonds is 3. The number of hydrogen-bond acceptors (Lipinski definition) is 3. The largest absolute Gasteiger partial charge is 0.299 e. The molecule has 1 aliphatic rings. The number of Topliss-reactive ketones (excluding diaryl/α,β-unsaturated/α-hetero) is 2. The Balaban J connectivity index is 2.39. The van der Waals surface area contributed by atoms with Gasteiger partial charge < -0.3 is 0 Å². The van der Waals surface area contributed by atoms with Crippen molar-refractivity contribution in [2.75, 3.05) is 5.75 Å². The van der Waals surface area contributed by atoms with Crippen molar-refractivity contribution in [1.82, 2.24) is 0 Å². The zero-order valence-electron chi connectivity index (χ0n) is 11.0. The minimum absolute atomic E-state index is 0.00130. The Morgan fingerprint density at radius 2 is 2.22 bits per heavy atom. The molecule has 0 bridgehead atoms. The van der Waals surface area contributed by atoms with Gasteiger partial charge in [0.1, 0.15) is 5.78 Å². The second-order valence-electron chi connectivity index (χ2n) is 4.90. The second-order valence-corrected chi connectivity index (χ2v) is 5.97. The summed E-state index contributed by atoms with van der Waals surface area (Å²) in [5, 5.41) is 0. The summed E-state index contributed by atoms with van der Waals surface area (Å²) in [4.78, 5) is 24.8. The molecule has 0 radical (unpaired) electrons. The molecule has 0 N–H and O–H groups in total. The monoisotopic (exact) mass is 262 g/mol. The van der Waals surface area contributed by atoms with Crippen molar-refractivity contribution < 1.29 is 9.59 Å². The topological polar surface area (TPSA) is 34.1 Å². The Morgan fingerprint density at radius 3 is 2.83 bits per heavy atom. The van der Waals surface area contributed by atoms with Crippen LogP contribution in [0.3, 0.4) is 0 Å². The maximum Gasteiger partial charge on any atom is 0.175 e. The fourth-order valence-corrected chi connectivity index (χ4v) is 3.36. The maximum atomic E-state index is 12.3. The third kappa shape index (κ3) is 2.37. The maximum absolute atomic E-state index is 12.3. The molecule has 0 saturated carbocycles. The minimum Gasteiger partial charge on any atom is -0.299 e. The van der Waals surface area contributed by atoms with Crippen LogP contribution in [0.2, 0.25) is 0 Å². The number of thioether (sulfide) groups is 1. The highest BCUT2D eigenvalue weighted by atomic mass is 32.2. The first-order valence-corrected chi connectivity index (χ1v) is 7.34. The van der Waals surface area contributed by atoms with Gasteiger partial charge in [0.15, 0.2) is 5.78 Å². The van der Waals surface area contributed by atoms with E-state index < -0.39 is 5.92 Å². The minimum atomic E-state index is -0.449. The highest BCUT2D eigenvalue weighted by molar-refractivity contribution is 7.99. The Hall–Kier alpha value is -1.09. The van der Waals surface area contributed by atoms with Crippen molar-refractivity contribution in [3.63, 3.8) is 0 Å². The lowest BCUT2D eigenvalue weighted by atomic mass is 9.91. The first kappa shape index (κ1) is 13.3. The van der Waals surface area contributed by atoms with E-state index in [4.69, 9.17) is 0 Å². The van der Waals surface area contributed by atoms with Crippen LogP contribution in [0.4, 0.5) is 0 Å². The fraction of sp³-hybridized carbons (Fsp3) is 0.467. The first-order chi connectivity index (χ1) is 8.54. The summed E-state index contributed by atoms with van der Waals surface area (Å²) in [5.41, 5.74) is 1.93. The Kier molecular flexibility index (Phi) is 3.91. The Labute approximate surface area is 112 Å². The number of ketones is 2. The van der Waals surface area contributed by atoms with Crippen molar-refractivity contribution in [3.05, 3.63) is 29.3 Å². The van der Waals surface area contributed by atoms with Gasteiger partial charge in [0.05, 0.1) is 5.92 Å². The SMILES string of the molecule is CCC(C)c1ccc2c(c1)C(=O)C(C(C)=O)CS2. The Morgan fingerprint density at radius 1 is 1.50 bits per heavy atom. The number of hydrogen-bond donors (Lipinski definition) is 0. The summed E-state index contributed by atoms with van der Waals surface area (Å²) in [6.07, 6.45) is 1.05. The van der Waals surface area contributed by atoms with Crippen LogP contribution in [0.1, 0.15) is 49.0 Å². The van der Waals surface area contributed by atoms with Gasteiger partial charge in [-0.25, -0.2) is 0 Å². The zero-order valence-corrected chi connectivity index (χ0v) is 11.8. The molecule has 0 aliphatic carbocycles. The smallest absolute Gasteiger partial charge is 0.175 e. The van der Waals surface area contributed by atoms with Gasteiger partial charge in [-0.2, -0.15) is 0 Å². The average molecular weight is 262 g/mol. The highest BCUT2D eigenvalue weighted by Gasteiger charge is 2.31. The van der Waals surface area contributed by atoms with Gasteiger partial charge in [0, 0.05) is 16.2 Å². The van der Waals surface area contributed by atoms with Crippen molar-refractivity contribution in [1.29, 1.82) is 0 Å². The lowest BCUT2D eigenvalue weighted by Crippen LogP contribution is -2.28. The lowest BCUT2D eigenvalue weighted by Gasteiger charge is -2.22. The van der Waals surface area contributed by atoms with Gasteiger partial charge in [-0.3, -0.25) is 9.59 Å². The van der Waals surface area contributed by atoms with Gasteiger partial charge >= 0.3 is 0 Å². The van der Waals surface area contributed by atoms with Crippen LogP contribution in [-0.2, 0) is 4.79 Å². The van der Waals surface area contributed by atoms with Gasteiger partial charge in [-0.1, -0.05) is 19.9 Å². The zero-order chi connectivity index (χ0) is 13.3. The summed E-state index contributed by atoms with van der Waals surface area (Å²) >= 11 is 1.62. The van der Waals surface area contributed by atoms with Crippen LogP contribution >= 0.6 is 11.8 Å². The summed E-state index contributed by atoms with van der Waals surface area (Å²) < 4.78 is 0. The van der Waals surface area contributed by atoms with E-state index in [-0.39, 0.29) is 11.6 Å². The number of carbonyl (C=O) groups is 2. The quantitative estimate of drug-likeness (QED) is 0.779. The molecule has 2 rings (SSSR count). The molecule has 1 heterocycles. The molecule has 1 aromatic rings. The van der Waals surface area contributed by atoms with Crippen LogP contribution in [0.5, 0.6) is 0 Å². The van der Waals surface area contributed by atoms with E-state index in [2.05, 4.69) is 19.9 Å². The normalized spacial score (nSPS) is 20.4. The molecule has 0 amide bonds.